The van der Waals surface area contributed by atoms with Crippen molar-refractivity contribution < 1.29 is 0 Å². The summed E-state index contributed by atoms with van der Waals surface area (Å²) in [7, 11) is 2.10. The number of piperazine rings is 1. The molecule has 0 aromatic heterocycles. The molecule has 0 aromatic carbocycles. The van der Waals surface area contributed by atoms with Gasteiger partial charge in [0.15, 0.2) is 0 Å². The van der Waals surface area contributed by atoms with E-state index in [0.29, 0.717) is 0 Å². The molecule has 1 saturated carbocycles. The first-order valence-electron chi connectivity index (χ1n) is 7.36. The van der Waals surface area contributed by atoms with Crippen molar-refractivity contribution in [1.29, 1.82) is 0 Å². The monoisotopic (exact) mass is 239 g/mol. The molecule has 2 rings (SSSR count). The summed E-state index contributed by atoms with van der Waals surface area (Å²) in [5.74, 6) is 0. The van der Waals surface area contributed by atoms with E-state index in [1.165, 1.54) is 51.9 Å². The van der Waals surface area contributed by atoms with Gasteiger partial charge >= 0.3 is 0 Å². The fourth-order valence-corrected chi connectivity index (χ4v) is 3.35. The highest BCUT2D eigenvalue weighted by Crippen LogP contribution is 2.24. The predicted octanol–water partition coefficient (Wildman–Crippen LogP) is 1.54. The van der Waals surface area contributed by atoms with Crippen LogP contribution in [0.25, 0.3) is 0 Å². The standard InChI is InChI=1S/C14H29N3/c1-12(2)16-8-10-17(11-9-16)14-6-4-13(15-3)5-7-14/h12-15H,4-11H2,1-3H3/t13-,14-. The Kier molecular flexibility index (Phi) is 4.83. The summed E-state index contributed by atoms with van der Waals surface area (Å²) in [6.45, 7) is 9.73. The van der Waals surface area contributed by atoms with Crippen molar-refractivity contribution in [2.24, 2.45) is 0 Å². The molecular formula is C14H29N3. The Bertz CT molecular complexity index is 214. The molecule has 1 aliphatic carbocycles. The Morgan fingerprint density at radius 1 is 0.941 bits per heavy atom. The van der Waals surface area contributed by atoms with Crippen molar-refractivity contribution in [3.63, 3.8) is 0 Å². The van der Waals surface area contributed by atoms with Crippen molar-refractivity contribution in [1.82, 2.24) is 15.1 Å². The molecule has 1 heterocycles. The molecule has 3 nitrogen and oxygen atoms in total. The van der Waals surface area contributed by atoms with Gasteiger partial charge < -0.3 is 5.32 Å². The fraction of sp³-hybridized carbons (Fsp3) is 1.00. The molecule has 0 spiro atoms. The van der Waals surface area contributed by atoms with E-state index in [1.54, 1.807) is 0 Å². The first-order valence-corrected chi connectivity index (χ1v) is 7.36. The smallest absolute Gasteiger partial charge is 0.0113 e. The Morgan fingerprint density at radius 3 is 2.00 bits per heavy atom. The van der Waals surface area contributed by atoms with Crippen LogP contribution in [0.3, 0.4) is 0 Å². The van der Waals surface area contributed by atoms with Gasteiger partial charge in [0, 0.05) is 44.3 Å². The molecule has 1 N–H and O–H groups in total. The second-order valence-corrected chi connectivity index (χ2v) is 5.96. The van der Waals surface area contributed by atoms with Gasteiger partial charge in [-0.05, 0) is 46.6 Å². The molecule has 1 saturated heterocycles. The van der Waals surface area contributed by atoms with Gasteiger partial charge in [-0.15, -0.1) is 0 Å². The lowest BCUT2D eigenvalue weighted by Crippen LogP contribution is -2.53. The summed E-state index contributed by atoms with van der Waals surface area (Å²) in [4.78, 5) is 5.35. The van der Waals surface area contributed by atoms with Crippen LogP contribution in [-0.4, -0.2) is 61.2 Å². The molecule has 0 bridgehead atoms. The van der Waals surface area contributed by atoms with Crippen LogP contribution < -0.4 is 5.32 Å². The molecule has 0 aromatic rings. The molecular weight excluding hydrogens is 210 g/mol. The van der Waals surface area contributed by atoms with Crippen molar-refractivity contribution >= 4 is 0 Å². The molecule has 100 valence electrons. The van der Waals surface area contributed by atoms with E-state index in [1.807, 2.05) is 0 Å². The lowest BCUT2D eigenvalue weighted by Gasteiger charge is -2.43. The van der Waals surface area contributed by atoms with Crippen LogP contribution in [0.1, 0.15) is 39.5 Å². The Hall–Kier alpha value is -0.120. The zero-order valence-electron chi connectivity index (χ0n) is 11.8. The summed E-state index contributed by atoms with van der Waals surface area (Å²) >= 11 is 0. The maximum atomic E-state index is 3.42. The lowest BCUT2D eigenvalue weighted by atomic mass is 9.90. The summed E-state index contributed by atoms with van der Waals surface area (Å²) in [5.41, 5.74) is 0. The third-order valence-corrected chi connectivity index (χ3v) is 4.70. The van der Waals surface area contributed by atoms with Gasteiger partial charge in [0.1, 0.15) is 0 Å². The first kappa shape index (κ1) is 13.3. The zero-order chi connectivity index (χ0) is 12.3. The highest BCUT2D eigenvalue weighted by molar-refractivity contribution is 4.85. The number of hydrogen-bond acceptors (Lipinski definition) is 3. The van der Waals surface area contributed by atoms with Crippen LogP contribution in [0, 0.1) is 0 Å². The van der Waals surface area contributed by atoms with Crippen LogP contribution in [-0.2, 0) is 0 Å². The Morgan fingerprint density at radius 2 is 1.53 bits per heavy atom. The topological polar surface area (TPSA) is 18.5 Å². The molecule has 0 radical (unpaired) electrons. The highest BCUT2D eigenvalue weighted by Gasteiger charge is 2.28. The minimum absolute atomic E-state index is 0.720. The van der Waals surface area contributed by atoms with Crippen LogP contribution in [0.2, 0.25) is 0 Å². The minimum Gasteiger partial charge on any atom is -0.317 e. The summed E-state index contributed by atoms with van der Waals surface area (Å²) < 4.78 is 0. The van der Waals surface area contributed by atoms with Gasteiger partial charge in [-0.3, -0.25) is 9.80 Å². The van der Waals surface area contributed by atoms with Crippen molar-refractivity contribution in [2.45, 2.75) is 57.7 Å². The van der Waals surface area contributed by atoms with E-state index in [4.69, 9.17) is 0 Å². The largest absolute Gasteiger partial charge is 0.317 e. The summed E-state index contributed by atoms with van der Waals surface area (Å²) in [5, 5.41) is 3.42. The zero-order valence-corrected chi connectivity index (χ0v) is 11.8. The van der Waals surface area contributed by atoms with E-state index in [2.05, 4.69) is 36.0 Å². The molecule has 1 aliphatic heterocycles. The van der Waals surface area contributed by atoms with Crippen molar-refractivity contribution in [3.8, 4) is 0 Å². The van der Waals surface area contributed by atoms with E-state index in [0.717, 1.165) is 18.1 Å². The average molecular weight is 239 g/mol. The summed E-state index contributed by atoms with van der Waals surface area (Å²) in [6.07, 6.45) is 5.53. The van der Waals surface area contributed by atoms with Crippen molar-refractivity contribution in [2.75, 3.05) is 33.2 Å². The number of nitrogens with one attached hydrogen (secondary N) is 1. The second-order valence-electron chi connectivity index (χ2n) is 5.96. The van der Waals surface area contributed by atoms with Gasteiger partial charge in [-0.25, -0.2) is 0 Å². The first-order chi connectivity index (χ1) is 8.20. The van der Waals surface area contributed by atoms with Crippen LogP contribution >= 0.6 is 0 Å². The van der Waals surface area contributed by atoms with E-state index >= 15 is 0 Å². The van der Waals surface area contributed by atoms with E-state index < -0.39 is 0 Å². The summed E-state index contributed by atoms with van der Waals surface area (Å²) in [6, 6.07) is 2.37. The average Bonchev–Trinajstić information content (AvgIpc) is 2.39. The molecule has 0 amide bonds. The second kappa shape index (κ2) is 6.17. The predicted molar refractivity (Wildman–Crippen MR) is 73.4 cm³/mol. The fourth-order valence-electron chi connectivity index (χ4n) is 3.35. The number of rotatable bonds is 3. The van der Waals surface area contributed by atoms with Gasteiger partial charge in [-0.2, -0.15) is 0 Å². The van der Waals surface area contributed by atoms with E-state index in [-0.39, 0.29) is 0 Å². The Balaban J connectivity index is 1.74. The molecule has 0 atom stereocenters. The third kappa shape index (κ3) is 3.43. The van der Waals surface area contributed by atoms with E-state index in [9.17, 15) is 0 Å². The van der Waals surface area contributed by atoms with Gasteiger partial charge in [0.25, 0.3) is 0 Å². The molecule has 17 heavy (non-hydrogen) atoms. The quantitative estimate of drug-likeness (QED) is 0.806. The van der Waals surface area contributed by atoms with Crippen LogP contribution in [0.5, 0.6) is 0 Å². The van der Waals surface area contributed by atoms with Crippen molar-refractivity contribution in [3.05, 3.63) is 0 Å². The number of nitrogens with zero attached hydrogens (tertiary/aromatic N) is 2. The minimum atomic E-state index is 0.720. The van der Waals surface area contributed by atoms with Gasteiger partial charge in [0.2, 0.25) is 0 Å². The molecule has 0 unspecified atom stereocenters. The molecule has 3 heteroatoms. The number of hydrogen-bond donors (Lipinski definition) is 1. The molecule has 2 aliphatic rings. The van der Waals surface area contributed by atoms with Crippen LogP contribution in [0.4, 0.5) is 0 Å². The maximum Gasteiger partial charge on any atom is 0.0113 e. The molecule has 2 fully saturated rings. The third-order valence-electron chi connectivity index (χ3n) is 4.70. The highest BCUT2D eigenvalue weighted by atomic mass is 15.3. The normalized spacial score (nSPS) is 33.2. The maximum absolute atomic E-state index is 3.42. The van der Waals surface area contributed by atoms with Gasteiger partial charge in [-0.1, -0.05) is 0 Å². The van der Waals surface area contributed by atoms with Crippen LogP contribution in [0.15, 0.2) is 0 Å². The SMILES string of the molecule is CN[C@H]1CC[C@H](N2CCN(C(C)C)CC2)CC1. The van der Waals surface area contributed by atoms with Gasteiger partial charge in [0.05, 0.1) is 0 Å². The lowest BCUT2D eigenvalue weighted by molar-refractivity contribution is 0.0608. The Labute approximate surface area is 107 Å².